The molecule has 2 rings (SSSR count). The summed E-state index contributed by atoms with van der Waals surface area (Å²) in [6, 6.07) is 1.78. The van der Waals surface area contributed by atoms with Crippen LogP contribution in [0.3, 0.4) is 0 Å². The highest BCUT2D eigenvalue weighted by Crippen LogP contribution is 2.15. The number of ether oxygens (including phenoxy) is 1. The number of hydrogen-bond acceptors (Lipinski definition) is 4. The van der Waals surface area contributed by atoms with Crippen molar-refractivity contribution in [3.8, 4) is 5.88 Å². The molecule has 0 aliphatic carbocycles. The molecule has 1 N–H and O–H groups in total. The maximum absolute atomic E-state index is 9.08. The molecule has 0 saturated carbocycles. The fourth-order valence-electron chi connectivity index (χ4n) is 1.44. The van der Waals surface area contributed by atoms with Crippen LogP contribution in [-0.4, -0.2) is 26.3 Å². The van der Waals surface area contributed by atoms with Crippen LogP contribution in [0, 0.1) is 6.92 Å². The van der Waals surface area contributed by atoms with Crippen molar-refractivity contribution >= 4 is 5.65 Å². The lowest BCUT2D eigenvalue weighted by molar-refractivity contribution is 0.279. The fourth-order valence-corrected chi connectivity index (χ4v) is 1.44. The summed E-state index contributed by atoms with van der Waals surface area (Å²) in [5, 5.41) is 13.3. The number of aryl methyl sites for hydroxylation is 1. The second-order valence-corrected chi connectivity index (χ2v) is 3.21. The second kappa shape index (κ2) is 3.86. The van der Waals surface area contributed by atoms with Gasteiger partial charge < -0.3 is 9.84 Å². The normalized spacial score (nSPS) is 10.9. The minimum atomic E-state index is -0.0292. The van der Waals surface area contributed by atoms with E-state index in [2.05, 4.69) is 10.1 Å². The topological polar surface area (TPSA) is 59.7 Å². The Hall–Kier alpha value is -1.62. The van der Waals surface area contributed by atoms with Gasteiger partial charge in [0.15, 0.2) is 5.65 Å². The summed E-state index contributed by atoms with van der Waals surface area (Å²) in [6.45, 7) is 4.35. The quantitative estimate of drug-likeness (QED) is 0.813. The van der Waals surface area contributed by atoms with E-state index in [-0.39, 0.29) is 6.61 Å². The van der Waals surface area contributed by atoms with E-state index in [0.29, 0.717) is 12.5 Å². The van der Waals surface area contributed by atoms with Gasteiger partial charge in [0.1, 0.15) is 0 Å². The van der Waals surface area contributed by atoms with Crippen LogP contribution in [0.25, 0.3) is 5.65 Å². The molecule has 0 unspecified atom stereocenters. The van der Waals surface area contributed by atoms with Gasteiger partial charge in [-0.3, -0.25) is 0 Å². The zero-order valence-corrected chi connectivity index (χ0v) is 8.77. The van der Waals surface area contributed by atoms with Crippen LogP contribution in [0.5, 0.6) is 5.88 Å². The Morgan fingerprint density at radius 3 is 3.00 bits per heavy atom. The second-order valence-electron chi connectivity index (χ2n) is 3.21. The Labute approximate surface area is 87.3 Å². The molecule has 0 aliphatic rings. The summed E-state index contributed by atoms with van der Waals surface area (Å²) in [5.74, 6) is 0.559. The van der Waals surface area contributed by atoms with E-state index >= 15 is 0 Å². The number of aliphatic hydroxyl groups is 1. The van der Waals surface area contributed by atoms with Crippen LogP contribution in [0.15, 0.2) is 12.3 Å². The molecule has 0 spiro atoms. The molecular formula is C10H13N3O2. The van der Waals surface area contributed by atoms with Crippen LogP contribution in [0.4, 0.5) is 0 Å². The zero-order valence-electron chi connectivity index (χ0n) is 8.77. The number of fused-ring (bicyclic) bond motifs is 1. The summed E-state index contributed by atoms with van der Waals surface area (Å²) in [5.41, 5.74) is 2.38. The Morgan fingerprint density at radius 2 is 2.33 bits per heavy atom. The summed E-state index contributed by atoms with van der Waals surface area (Å²) < 4.78 is 6.96. The van der Waals surface area contributed by atoms with Gasteiger partial charge in [-0.1, -0.05) is 0 Å². The highest BCUT2D eigenvalue weighted by Gasteiger charge is 2.07. The lowest BCUT2D eigenvalue weighted by Gasteiger charge is -2.02. The van der Waals surface area contributed by atoms with Gasteiger partial charge in [0.25, 0.3) is 0 Å². The van der Waals surface area contributed by atoms with Crippen LogP contribution in [0.1, 0.15) is 18.2 Å². The molecule has 0 saturated heterocycles. The molecule has 2 aromatic rings. The first-order valence-corrected chi connectivity index (χ1v) is 4.84. The molecule has 0 radical (unpaired) electrons. The minimum absolute atomic E-state index is 0.0292. The number of aromatic nitrogens is 3. The van der Waals surface area contributed by atoms with E-state index in [1.807, 2.05) is 13.8 Å². The van der Waals surface area contributed by atoms with Crippen molar-refractivity contribution < 1.29 is 9.84 Å². The molecule has 0 aromatic carbocycles. The first-order chi connectivity index (χ1) is 7.26. The predicted molar refractivity (Wildman–Crippen MR) is 54.8 cm³/mol. The van der Waals surface area contributed by atoms with Gasteiger partial charge in [0.2, 0.25) is 5.88 Å². The summed E-state index contributed by atoms with van der Waals surface area (Å²) in [7, 11) is 0. The van der Waals surface area contributed by atoms with E-state index in [1.165, 1.54) is 0 Å². The molecule has 80 valence electrons. The van der Waals surface area contributed by atoms with Crippen molar-refractivity contribution in [3.63, 3.8) is 0 Å². The third-order valence-electron chi connectivity index (χ3n) is 2.27. The van der Waals surface area contributed by atoms with Crippen molar-refractivity contribution in [3.05, 3.63) is 23.5 Å². The molecular weight excluding hydrogens is 194 g/mol. The Kier molecular flexibility index (Phi) is 2.55. The van der Waals surface area contributed by atoms with Crippen molar-refractivity contribution in [1.82, 2.24) is 14.6 Å². The van der Waals surface area contributed by atoms with E-state index in [4.69, 9.17) is 9.84 Å². The first kappa shape index (κ1) is 9.92. The van der Waals surface area contributed by atoms with Gasteiger partial charge in [0, 0.05) is 23.5 Å². The first-order valence-electron chi connectivity index (χ1n) is 4.84. The Balaban J connectivity index is 2.55. The smallest absolute Gasteiger partial charge is 0.235 e. The van der Waals surface area contributed by atoms with Crippen LogP contribution < -0.4 is 4.74 Å². The molecule has 5 heteroatoms. The highest BCUT2D eigenvalue weighted by atomic mass is 16.5. The van der Waals surface area contributed by atoms with Crippen LogP contribution in [0.2, 0.25) is 0 Å². The largest absolute Gasteiger partial charge is 0.477 e. The van der Waals surface area contributed by atoms with E-state index in [9.17, 15) is 0 Å². The number of hydrogen-bond donors (Lipinski definition) is 1. The van der Waals surface area contributed by atoms with Gasteiger partial charge >= 0.3 is 0 Å². The Bertz CT molecular complexity index is 479. The van der Waals surface area contributed by atoms with Crippen molar-refractivity contribution in [2.24, 2.45) is 0 Å². The van der Waals surface area contributed by atoms with Crippen molar-refractivity contribution in [1.29, 1.82) is 0 Å². The molecule has 0 aliphatic heterocycles. The van der Waals surface area contributed by atoms with E-state index < -0.39 is 0 Å². The molecule has 0 bridgehead atoms. The third kappa shape index (κ3) is 1.66. The summed E-state index contributed by atoms with van der Waals surface area (Å²) in [4.78, 5) is 4.18. The van der Waals surface area contributed by atoms with Crippen LogP contribution in [-0.2, 0) is 6.61 Å². The predicted octanol–water partition coefficient (Wildman–Crippen LogP) is 0.929. The molecule has 5 nitrogen and oxygen atoms in total. The van der Waals surface area contributed by atoms with Crippen molar-refractivity contribution in [2.45, 2.75) is 20.5 Å². The standard InChI is InChI=1S/C10H13N3O2/c1-3-15-10-4-9-11-5-8(6-14)7(2)13(9)12-10/h4-5,14H,3,6H2,1-2H3. The maximum atomic E-state index is 9.08. The lowest BCUT2D eigenvalue weighted by Crippen LogP contribution is -2.01. The fraction of sp³-hybridized carbons (Fsp3) is 0.400. The van der Waals surface area contributed by atoms with Gasteiger partial charge in [-0.05, 0) is 13.8 Å². The third-order valence-corrected chi connectivity index (χ3v) is 2.27. The Morgan fingerprint density at radius 1 is 1.53 bits per heavy atom. The van der Waals surface area contributed by atoms with Crippen LogP contribution >= 0.6 is 0 Å². The molecule has 15 heavy (non-hydrogen) atoms. The average molecular weight is 207 g/mol. The van der Waals surface area contributed by atoms with Crippen molar-refractivity contribution in [2.75, 3.05) is 6.61 Å². The number of aliphatic hydroxyl groups excluding tert-OH is 1. The summed E-state index contributed by atoms with van der Waals surface area (Å²) >= 11 is 0. The molecule has 0 atom stereocenters. The highest BCUT2D eigenvalue weighted by molar-refractivity contribution is 5.43. The molecule has 2 heterocycles. The van der Waals surface area contributed by atoms with Gasteiger partial charge in [0.05, 0.1) is 13.2 Å². The van der Waals surface area contributed by atoms with Gasteiger partial charge in [-0.15, -0.1) is 5.10 Å². The average Bonchev–Trinajstić information content (AvgIpc) is 2.63. The van der Waals surface area contributed by atoms with E-state index in [0.717, 1.165) is 16.9 Å². The summed E-state index contributed by atoms with van der Waals surface area (Å²) in [6.07, 6.45) is 1.65. The monoisotopic (exact) mass is 207 g/mol. The van der Waals surface area contributed by atoms with Gasteiger partial charge in [-0.25, -0.2) is 9.50 Å². The SMILES string of the molecule is CCOc1cc2ncc(CO)c(C)n2n1. The lowest BCUT2D eigenvalue weighted by atomic mass is 10.2. The maximum Gasteiger partial charge on any atom is 0.235 e. The molecule has 0 amide bonds. The van der Waals surface area contributed by atoms with E-state index in [1.54, 1.807) is 16.8 Å². The molecule has 0 fully saturated rings. The van der Waals surface area contributed by atoms with Gasteiger partial charge in [-0.2, -0.15) is 0 Å². The minimum Gasteiger partial charge on any atom is -0.477 e. The zero-order chi connectivity index (χ0) is 10.8. The molecule has 2 aromatic heterocycles. The number of nitrogens with zero attached hydrogens (tertiary/aromatic N) is 3. The number of rotatable bonds is 3.